The van der Waals surface area contributed by atoms with Crippen molar-refractivity contribution in [1.29, 1.82) is 0 Å². The van der Waals surface area contributed by atoms with Crippen molar-refractivity contribution in [2.75, 3.05) is 0 Å². The van der Waals surface area contributed by atoms with Crippen molar-refractivity contribution >= 4 is 22.4 Å². The highest BCUT2D eigenvalue weighted by atomic mass is 32.1. The van der Waals surface area contributed by atoms with Crippen molar-refractivity contribution in [3.63, 3.8) is 0 Å². The van der Waals surface area contributed by atoms with Crippen LogP contribution >= 0.6 is 11.3 Å². The highest BCUT2D eigenvalue weighted by Crippen LogP contribution is 2.56. The van der Waals surface area contributed by atoms with Crippen molar-refractivity contribution in [1.82, 2.24) is 9.97 Å². The van der Waals surface area contributed by atoms with E-state index in [0.717, 1.165) is 22.4 Å². The minimum absolute atomic E-state index is 0.0230. The van der Waals surface area contributed by atoms with Gasteiger partial charge in [0.25, 0.3) is 0 Å². The molecule has 0 amide bonds. The Balaban J connectivity index is 1.19. The van der Waals surface area contributed by atoms with Gasteiger partial charge in [-0.15, -0.1) is 11.3 Å². The quantitative estimate of drug-likeness (QED) is 0.0602. The van der Waals surface area contributed by atoms with Crippen LogP contribution in [0.15, 0.2) is 95.7 Å². The van der Waals surface area contributed by atoms with Crippen LogP contribution in [0.1, 0.15) is 185 Å². The maximum absolute atomic E-state index is 5.51. The normalized spacial score (nSPS) is 15.9. The third-order valence-electron chi connectivity index (χ3n) is 14.5. The molecule has 3 heteroatoms. The predicted octanol–water partition coefficient (Wildman–Crippen LogP) is 17.8. The SMILES string of the molecule is CCCCCCCCC1(C)c2ccccc2-c2ccc(-c3nc4cscc4nc3-c3ccc4c(c3)C(CCCCCCCC)(CCCCCCCC)c3ccccc3-4)cc21. The number of unbranched alkanes of at least 4 members (excludes halogenated alkanes) is 15. The van der Waals surface area contributed by atoms with Gasteiger partial charge in [0.05, 0.1) is 11.4 Å². The lowest BCUT2D eigenvalue weighted by Gasteiger charge is -2.33. The first kappa shape index (κ1) is 42.6. The fourth-order valence-electron chi connectivity index (χ4n) is 11.1. The van der Waals surface area contributed by atoms with Crippen LogP contribution in [-0.4, -0.2) is 9.97 Å². The molecule has 2 aliphatic rings. The molecule has 4 aromatic carbocycles. The fourth-order valence-corrected chi connectivity index (χ4v) is 11.8. The summed E-state index contributed by atoms with van der Waals surface area (Å²) in [5.74, 6) is 0. The Kier molecular flexibility index (Phi) is 14.0. The molecule has 0 spiro atoms. The summed E-state index contributed by atoms with van der Waals surface area (Å²) in [7, 11) is 0. The molecule has 314 valence electrons. The molecule has 0 radical (unpaired) electrons. The second kappa shape index (κ2) is 19.7. The van der Waals surface area contributed by atoms with Gasteiger partial charge < -0.3 is 0 Å². The number of hydrogen-bond acceptors (Lipinski definition) is 3. The topological polar surface area (TPSA) is 25.8 Å². The molecule has 2 nitrogen and oxygen atoms in total. The maximum atomic E-state index is 5.51. The van der Waals surface area contributed by atoms with E-state index >= 15 is 0 Å². The highest BCUT2D eigenvalue weighted by molar-refractivity contribution is 7.09. The van der Waals surface area contributed by atoms with Gasteiger partial charge in [0.15, 0.2) is 0 Å². The van der Waals surface area contributed by atoms with Gasteiger partial charge in [0.2, 0.25) is 0 Å². The lowest BCUT2D eigenvalue weighted by molar-refractivity contribution is 0.398. The molecule has 0 N–H and O–H groups in total. The van der Waals surface area contributed by atoms with Crippen molar-refractivity contribution < 1.29 is 0 Å². The number of nitrogens with zero attached hydrogens (tertiary/aromatic N) is 2. The van der Waals surface area contributed by atoms with Gasteiger partial charge in [-0.2, -0.15) is 0 Å². The van der Waals surface area contributed by atoms with Gasteiger partial charge in [0, 0.05) is 32.7 Å². The summed E-state index contributed by atoms with van der Waals surface area (Å²) in [4.78, 5) is 11.0. The lowest BCUT2D eigenvalue weighted by atomic mass is 9.70. The van der Waals surface area contributed by atoms with Crippen LogP contribution in [0.4, 0.5) is 0 Å². The molecule has 2 heterocycles. The Bertz CT molecular complexity index is 2330. The first-order valence-corrected chi connectivity index (χ1v) is 25.2. The summed E-state index contributed by atoms with van der Waals surface area (Å²) in [6.45, 7) is 9.46. The predicted molar refractivity (Wildman–Crippen MR) is 260 cm³/mol. The molecule has 1 unspecified atom stereocenters. The second-order valence-electron chi connectivity index (χ2n) is 18.6. The second-order valence-corrected chi connectivity index (χ2v) is 19.4. The molecule has 1 atom stereocenters. The monoisotopic (exact) mass is 815 g/mol. The molecular weight excluding hydrogens is 745 g/mol. The van der Waals surface area contributed by atoms with Crippen LogP contribution in [0.3, 0.4) is 0 Å². The summed E-state index contributed by atoms with van der Waals surface area (Å²) < 4.78 is 0. The third-order valence-corrected chi connectivity index (χ3v) is 15.2. The van der Waals surface area contributed by atoms with Crippen molar-refractivity contribution in [3.05, 3.63) is 118 Å². The van der Waals surface area contributed by atoms with E-state index in [1.807, 2.05) is 0 Å². The Morgan fingerprint density at radius 3 is 1.38 bits per heavy atom. The Labute approximate surface area is 366 Å². The van der Waals surface area contributed by atoms with Crippen LogP contribution < -0.4 is 0 Å². The van der Waals surface area contributed by atoms with Gasteiger partial charge in [-0.1, -0.05) is 216 Å². The number of hydrogen-bond donors (Lipinski definition) is 0. The first-order chi connectivity index (χ1) is 29.5. The molecule has 0 bridgehead atoms. The number of aromatic nitrogens is 2. The molecule has 0 fully saturated rings. The molecule has 0 saturated heterocycles. The Hall–Kier alpha value is -4.08. The van der Waals surface area contributed by atoms with Crippen molar-refractivity contribution in [3.8, 4) is 44.8 Å². The number of thiophene rings is 1. The van der Waals surface area contributed by atoms with Crippen LogP contribution in [0.25, 0.3) is 55.8 Å². The smallest absolute Gasteiger partial charge is 0.100 e. The van der Waals surface area contributed by atoms with E-state index in [1.54, 1.807) is 16.9 Å². The summed E-state index contributed by atoms with van der Waals surface area (Å²) in [5, 5.41) is 4.35. The molecule has 6 aromatic rings. The van der Waals surface area contributed by atoms with E-state index in [0.29, 0.717) is 0 Å². The van der Waals surface area contributed by atoms with Gasteiger partial charge in [0.1, 0.15) is 11.0 Å². The zero-order valence-electron chi connectivity index (χ0n) is 37.4. The van der Waals surface area contributed by atoms with Gasteiger partial charge >= 0.3 is 0 Å². The van der Waals surface area contributed by atoms with Crippen LogP contribution in [0.5, 0.6) is 0 Å². The minimum Gasteiger partial charge on any atom is -0.243 e. The van der Waals surface area contributed by atoms with E-state index in [4.69, 9.17) is 9.97 Å². The molecular formula is C57H70N2S. The summed E-state index contributed by atoms with van der Waals surface area (Å²) in [6.07, 6.45) is 27.4. The molecule has 0 aliphatic heterocycles. The Morgan fingerprint density at radius 2 is 0.833 bits per heavy atom. The van der Waals surface area contributed by atoms with Crippen LogP contribution in [0, 0.1) is 0 Å². The first-order valence-electron chi connectivity index (χ1n) is 24.3. The van der Waals surface area contributed by atoms with Gasteiger partial charge in [-0.3, -0.25) is 0 Å². The van der Waals surface area contributed by atoms with E-state index in [9.17, 15) is 0 Å². The standard InChI is InChI=1S/C57H70N2S/c1-5-8-11-14-17-24-35-56(4)48-29-22-20-27-44(48)46-33-31-42(38-50(46)56)54-55(59-53-41-60-40-52(53)58-54)43-32-34-47-45-28-21-23-30-49(45)57(51(47)39-43,36-25-18-15-12-9-6-2)37-26-19-16-13-10-7-3/h20-23,27-34,38-41H,5-19,24-26,35-37H2,1-4H3. The fraction of sp³-hybridized carbons (Fsp3) is 0.474. The van der Waals surface area contributed by atoms with E-state index < -0.39 is 0 Å². The third kappa shape index (κ3) is 8.55. The van der Waals surface area contributed by atoms with Crippen molar-refractivity contribution in [2.45, 2.75) is 173 Å². The van der Waals surface area contributed by atoms with Gasteiger partial charge in [-0.25, -0.2) is 9.97 Å². The zero-order valence-corrected chi connectivity index (χ0v) is 38.2. The summed E-state index contributed by atoms with van der Waals surface area (Å²) in [6, 6.07) is 33.2. The van der Waals surface area contributed by atoms with Crippen molar-refractivity contribution in [2.24, 2.45) is 0 Å². The van der Waals surface area contributed by atoms with Gasteiger partial charge in [-0.05, 0) is 75.9 Å². The molecule has 8 rings (SSSR count). The zero-order chi connectivity index (χ0) is 41.4. The average Bonchev–Trinajstić information content (AvgIpc) is 3.93. The van der Waals surface area contributed by atoms with E-state index in [2.05, 4.69) is 123 Å². The minimum atomic E-state index is -0.0290. The lowest BCUT2D eigenvalue weighted by Crippen LogP contribution is -2.25. The summed E-state index contributed by atoms with van der Waals surface area (Å²) in [5.41, 5.74) is 18.1. The Morgan fingerprint density at radius 1 is 0.417 bits per heavy atom. The molecule has 2 aliphatic carbocycles. The number of rotatable bonds is 23. The van der Waals surface area contributed by atoms with Crippen LogP contribution in [0.2, 0.25) is 0 Å². The molecule has 2 aromatic heterocycles. The number of fused-ring (bicyclic) bond motifs is 7. The highest BCUT2D eigenvalue weighted by Gasteiger charge is 2.43. The van der Waals surface area contributed by atoms with E-state index in [-0.39, 0.29) is 10.8 Å². The largest absolute Gasteiger partial charge is 0.243 e. The molecule has 60 heavy (non-hydrogen) atoms. The van der Waals surface area contributed by atoms with Crippen LogP contribution in [-0.2, 0) is 10.8 Å². The maximum Gasteiger partial charge on any atom is 0.100 e. The average molecular weight is 815 g/mol. The number of benzene rings is 4. The summed E-state index contributed by atoms with van der Waals surface area (Å²) >= 11 is 1.71. The molecule has 0 saturated carbocycles. The van der Waals surface area contributed by atoms with E-state index in [1.165, 1.54) is 185 Å².